The number of alkyl carbamates (subject to hydrolysis) is 1. The van der Waals surface area contributed by atoms with Crippen LogP contribution in [0.5, 0.6) is 0 Å². The van der Waals surface area contributed by atoms with Crippen LogP contribution >= 0.6 is 0 Å². The minimum absolute atomic E-state index is 0.164. The van der Waals surface area contributed by atoms with E-state index in [1.54, 1.807) is 0 Å². The molecule has 2 aliphatic rings. The van der Waals surface area contributed by atoms with Crippen molar-refractivity contribution in [3.05, 3.63) is 60.4 Å². The van der Waals surface area contributed by atoms with Gasteiger partial charge in [-0.3, -0.25) is 0 Å². The second-order valence-electron chi connectivity index (χ2n) is 4.98. The molecule has 0 spiro atoms. The van der Waals surface area contributed by atoms with E-state index in [0.717, 1.165) is 30.6 Å². The van der Waals surface area contributed by atoms with Crippen LogP contribution in [-0.4, -0.2) is 12.1 Å². The van der Waals surface area contributed by atoms with E-state index in [9.17, 15) is 4.79 Å². The van der Waals surface area contributed by atoms with Gasteiger partial charge in [0.05, 0.1) is 0 Å². The van der Waals surface area contributed by atoms with Gasteiger partial charge in [0, 0.05) is 18.4 Å². The Kier molecular flexibility index (Phi) is 4.99. The van der Waals surface area contributed by atoms with Crippen LogP contribution in [-0.2, 0) is 4.74 Å². The van der Waals surface area contributed by atoms with E-state index in [-0.39, 0.29) is 12.1 Å². The van der Waals surface area contributed by atoms with E-state index >= 15 is 0 Å². The monoisotopic (exact) mass is 271 g/mol. The first-order valence-corrected chi connectivity index (χ1v) is 7.04. The van der Waals surface area contributed by atoms with Gasteiger partial charge < -0.3 is 10.1 Å². The van der Waals surface area contributed by atoms with Gasteiger partial charge in [-0.15, -0.1) is 0 Å². The number of hydrogen-bond donors (Lipinski definition) is 1. The van der Waals surface area contributed by atoms with Crippen molar-refractivity contribution in [2.24, 2.45) is 5.92 Å². The second-order valence-corrected chi connectivity index (χ2v) is 4.98. The Labute approximate surface area is 120 Å². The fraction of sp³-hybridized carbons (Fsp3) is 0.353. The zero-order valence-electron chi connectivity index (χ0n) is 11.8. The van der Waals surface area contributed by atoms with Crippen molar-refractivity contribution in [1.82, 2.24) is 5.32 Å². The largest absolute Gasteiger partial charge is 0.415 e. The van der Waals surface area contributed by atoms with Gasteiger partial charge in [0.2, 0.25) is 0 Å². The molecule has 2 atom stereocenters. The molecule has 2 rings (SSSR count). The van der Waals surface area contributed by atoms with E-state index in [1.165, 1.54) is 0 Å². The molecule has 0 radical (unpaired) electrons. The van der Waals surface area contributed by atoms with Gasteiger partial charge in [0.1, 0.15) is 5.76 Å². The zero-order chi connectivity index (χ0) is 14.4. The molecule has 0 aromatic carbocycles. The van der Waals surface area contributed by atoms with Crippen LogP contribution in [0.2, 0.25) is 0 Å². The maximum atomic E-state index is 11.8. The lowest BCUT2D eigenvalue weighted by molar-refractivity contribution is 0.171. The van der Waals surface area contributed by atoms with Crippen molar-refractivity contribution < 1.29 is 9.53 Å². The van der Waals surface area contributed by atoms with Gasteiger partial charge in [0.15, 0.2) is 0 Å². The number of carbonyl (C=O) groups excluding carboxylic acids is 1. The van der Waals surface area contributed by atoms with E-state index in [4.69, 9.17) is 4.74 Å². The second kappa shape index (κ2) is 6.94. The van der Waals surface area contributed by atoms with Gasteiger partial charge >= 0.3 is 6.09 Å². The molecule has 1 N–H and O–H groups in total. The molecule has 0 aliphatic heterocycles. The third-order valence-electron chi connectivity index (χ3n) is 3.44. The highest BCUT2D eigenvalue weighted by molar-refractivity contribution is 5.69. The predicted octanol–water partition coefficient (Wildman–Crippen LogP) is 4.02. The summed E-state index contributed by atoms with van der Waals surface area (Å²) in [6.45, 7) is 5.80. The fourth-order valence-electron chi connectivity index (χ4n) is 2.24. The van der Waals surface area contributed by atoms with Gasteiger partial charge in [0.25, 0.3) is 0 Å². The molecule has 0 saturated heterocycles. The topological polar surface area (TPSA) is 38.3 Å². The van der Waals surface area contributed by atoms with Crippen molar-refractivity contribution in [1.29, 1.82) is 0 Å². The summed E-state index contributed by atoms with van der Waals surface area (Å²) in [5.74, 6) is 1.09. The quantitative estimate of drug-likeness (QED) is 0.767. The first-order valence-electron chi connectivity index (χ1n) is 7.04. The van der Waals surface area contributed by atoms with Gasteiger partial charge in [-0.1, -0.05) is 43.0 Å². The minimum Gasteiger partial charge on any atom is -0.415 e. The summed E-state index contributed by atoms with van der Waals surface area (Å²) in [5.41, 5.74) is 1.16. The van der Waals surface area contributed by atoms with Crippen molar-refractivity contribution in [2.45, 2.75) is 32.2 Å². The van der Waals surface area contributed by atoms with E-state index < -0.39 is 0 Å². The molecule has 0 bridgehead atoms. The highest BCUT2D eigenvalue weighted by atomic mass is 16.6. The van der Waals surface area contributed by atoms with Crippen LogP contribution in [0.15, 0.2) is 60.4 Å². The average Bonchev–Trinajstić information content (AvgIpc) is 3.19. The molecule has 20 heavy (non-hydrogen) atoms. The van der Waals surface area contributed by atoms with Crippen LogP contribution in [0.25, 0.3) is 0 Å². The van der Waals surface area contributed by atoms with Crippen molar-refractivity contribution in [3.63, 3.8) is 0 Å². The summed E-state index contributed by atoms with van der Waals surface area (Å²) in [6, 6.07) is 0.164. The van der Waals surface area contributed by atoms with Crippen LogP contribution in [0.3, 0.4) is 0 Å². The lowest BCUT2D eigenvalue weighted by Gasteiger charge is -2.10. The molecule has 1 amide bonds. The average molecular weight is 271 g/mol. The third kappa shape index (κ3) is 3.98. The van der Waals surface area contributed by atoms with Crippen LogP contribution in [0.4, 0.5) is 4.79 Å². The van der Waals surface area contributed by atoms with Crippen molar-refractivity contribution in [2.75, 3.05) is 0 Å². The highest BCUT2D eigenvalue weighted by Gasteiger charge is 2.40. The smallest absolute Gasteiger partial charge is 0.412 e. The first kappa shape index (κ1) is 14.4. The van der Waals surface area contributed by atoms with E-state index in [1.807, 2.05) is 43.4 Å². The number of ether oxygens (including phenoxy) is 1. The third-order valence-corrected chi connectivity index (χ3v) is 3.44. The normalized spacial score (nSPS) is 25.2. The predicted molar refractivity (Wildman–Crippen MR) is 81.1 cm³/mol. The molecule has 2 aliphatic carbocycles. The number of allylic oxidation sites excluding steroid dienone is 8. The number of nitrogens with one attached hydrogen (secondary N) is 1. The molecule has 0 aromatic rings. The summed E-state index contributed by atoms with van der Waals surface area (Å²) in [5, 5.41) is 2.90. The molecule has 0 aromatic heterocycles. The summed E-state index contributed by atoms with van der Waals surface area (Å²) < 4.78 is 5.29. The molecule has 106 valence electrons. The van der Waals surface area contributed by atoms with E-state index in [2.05, 4.69) is 18.0 Å². The van der Waals surface area contributed by atoms with Gasteiger partial charge in [-0.05, 0) is 31.4 Å². The zero-order valence-corrected chi connectivity index (χ0v) is 11.8. The number of carbonyl (C=O) groups is 1. The number of amides is 1. The molecular weight excluding hydrogens is 250 g/mol. The number of rotatable bonds is 5. The first-order chi connectivity index (χ1) is 9.74. The summed E-state index contributed by atoms with van der Waals surface area (Å²) in [4.78, 5) is 11.8. The highest BCUT2D eigenvalue weighted by Crippen LogP contribution is 2.38. The van der Waals surface area contributed by atoms with E-state index in [0.29, 0.717) is 5.92 Å². The Morgan fingerprint density at radius 1 is 1.55 bits per heavy atom. The number of hydrogen-bond acceptors (Lipinski definition) is 2. The Hall–Kier alpha value is -2.03. The molecule has 0 heterocycles. The van der Waals surface area contributed by atoms with Crippen LogP contribution in [0.1, 0.15) is 26.2 Å². The summed E-state index contributed by atoms with van der Waals surface area (Å²) >= 11 is 0. The molecule has 3 nitrogen and oxygen atoms in total. The minimum atomic E-state index is -0.353. The summed E-state index contributed by atoms with van der Waals surface area (Å²) in [6.07, 6.45) is 16.0. The van der Waals surface area contributed by atoms with Crippen molar-refractivity contribution >= 4 is 6.09 Å². The standard InChI is InChI=1S/C17H21NO2/c1-3-5-9-13(4-2)15-12-16(15)18-17(19)20-14-10-7-6-8-11-14/h3-7,9-10,15-16H,2,8,11-12H2,1H3,(H,18,19)/b5-3-,13-9+. The summed E-state index contributed by atoms with van der Waals surface area (Å²) in [7, 11) is 0. The molecule has 1 saturated carbocycles. The van der Waals surface area contributed by atoms with Crippen LogP contribution < -0.4 is 5.32 Å². The molecule has 3 heteroatoms. The Bertz CT molecular complexity index is 497. The van der Waals surface area contributed by atoms with Crippen molar-refractivity contribution in [3.8, 4) is 0 Å². The van der Waals surface area contributed by atoms with Gasteiger partial charge in [-0.25, -0.2) is 4.79 Å². The Morgan fingerprint density at radius 3 is 3.05 bits per heavy atom. The maximum absolute atomic E-state index is 11.8. The molecular formula is C17H21NO2. The Balaban J connectivity index is 1.81. The lowest BCUT2D eigenvalue weighted by Crippen LogP contribution is -2.27. The fourth-order valence-corrected chi connectivity index (χ4v) is 2.24. The Morgan fingerprint density at radius 2 is 2.40 bits per heavy atom. The molecule has 2 unspecified atom stereocenters. The SMILES string of the molecule is C=C/C(=C\C=C/C)C1CC1NC(=O)OC1=CC=CCC1. The molecule has 1 fully saturated rings. The maximum Gasteiger partial charge on any atom is 0.412 e. The van der Waals surface area contributed by atoms with Gasteiger partial charge in [-0.2, -0.15) is 0 Å². The van der Waals surface area contributed by atoms with Crippen LogP contribution in [0, 0.1) is 5.92 Å². The lowest BCUT2D eigenvalue weighted by atomic mass is 10.1.